The Kier molecular flexibility index (Phi) is 11.0. The van der Waals surface area contributed by atoms with Crippen molar-refractivity contribution in [1.29, 1.82) is 0 Å². The van der Waals surface area contributed by atoms with Crippen molar-refractivity contribution in [2.75, 3.05) is 17.6 Å². The lowest BCUT2D eigenvalue weighted by atomic mass is 10.00. The maximum absolute atomic E-state index is 14.0. The molecule has 7 nitrogen and oxygen atoms in total. The van der Waals surface area contributed by atoms with E-state index in [1.54, 1.807) is 25.7 Å². The fraction of sp³-hybridized carbons (Fsp3) is 0.406. The molecule has 40 heavy (non-hydrogen) atoms. The number of ether oxygens (including phenoxy) is 1. The number of hydrogen-bond acceptors (Lipinski definition) is 5. The fourth-order valence-corrected chi connectivity index (χ4v) is 4.66. The summed E-state index contributed by atoms with van der Waals surface area (Å²) in [7, 11) is 0. The number of rotatable bonds is 11. The molecule has 0 saturated carbocycles. The van der Waals surface area contributed by atoms with Gasteiger partial charge >= 0.3 is 6.09 Å². The molecule has 0 aliphatic heterocycles. The van der Waals surface area contributed by atoms with Gasteiger partial charge in [0.25, 0.3) is 5.91 Å². The van der Waals surface area contributed by atoms with Crippen LogP contribution < -0.4 is 10.6 Å². The average molecular weight is 564 g/mol. The van der Waals surface area contributed by atoms with Crippen molar-refractivity contribution in [1.82, 2.24) is 10.2 Å². The normalized spacial score (nSPS) is 12.8. The molecule has 2 unspecified atom stereocenters. The highest BCUT2D eigenvalue weighted by Gasteiger charge is 2.35. The summed E-state index contributed by atoms with van der Waals surface area (Å²) in [6.45, 7) is 9.69. The van der Waals surface area contributed by atoms with Crippen LogP contribution in [0.4, 0.5) is 10.5 Å². The number of hydrogen-bond donors (Lipinski definition) is 3. The van der Waals surface area contributed by atoms with Crippen LogP contribution in [0, 0.1) is 0 Å². The minimum absolute atomic E-state index is 0.0501. The van der Waals surface area contributed by atoms with E-state index >= 15 is 0 Å². The number of unbranched alkanes of at least 4 members (excludes halogenated alkanes) is 1. The predicted molar refractivity (Wildman–Crippen MR) is 165 cm³/mol. The van der Waals surface area contributed by atoms with Gasteiger partial charge in [-0.1, -0.05) is 74.9 Å². The third kappa shape index (κ3) is 8.49. The summed E-state index contributed by atoms with van der Waals surface area (Å²) in [4.78, 5) is 42.1. The molecule has 0 heterocycles. The number of thiol groups is 1. The van der Waals surface area contributed by atoms with Gasteiger partial charge in [-0.15, -0.1) is 0 Å². The molecule has 0 aliphatic rings. The third-order valence-electron chi connectivity index (χ3n) is 6.49. The molecule has 0 saturated heterocycles. The molecule has 0 aromatic heterocycles. The Balaban J connectivity index is 1.98. The number of carbonyl (C=O) groups is 3. The Bertz CT molecular complexity index is 1300. The van der Waals surface area contributed by atoms with Crippen molar-refractivity contribution in [3.63, 3.8) is 0 Å². The van der Waals surface area contributed by atoms with Crippen molar-refractivity contribution in [2.24, 2.45) is 0 Å². The number of nitrogens with one attached hydrogen (secondary N) is 2. The molecule has 3 rings (SSSR count). The van der Waals surface area contributed by atoms with Crippen molar-refractivity contribution < 1.29 is 19.1 Å². The van der Waals surface area contributed by atoms with Gasteiger partial charge in [0, 0.05) is 18.0 Å². The van der Waals surface area contributed by atoms with Gasteiger partial charge in [-0.2, -0.15) is 12.6 Å². The fourth-order valence-electron chi connectivity index (χ4n) is 4.42. The lowest BCUT2D eigenvalue weighted by Gasteiger charge is -2.34. The van der Waals surface area contributed by atoms with Crippen LogP contribution >= 0.6 is 12.6 Å². The molecule has 8 heteroatoms. The van der Waals surface area contributed by atoms with Crippen LogP contribution in [0.15, 0.2) is 66.7 Å². The van der Waals surface area contributed by atoms with E-state index in [2.05, 4.69) is 30.2 Å². The zero-order valence-electron chi connectivity index (χ0n) is 24.1. The second-order valence-corrected chi connectivity index (χ2v) is 11.2. The number of aryl methyl sites for hydroxylation is 1. The highest BCUT2D eigenvalue weighted by atomic mass is 32.1. The lowest BCUT2D eigenvalue weighted by Crippen LogP contribution is -2.53. The molecule has 214 valence electrons. The van der Waals surface area contributed by atoms with Crippen LogP contribution in [0.2, 0.25) is 0 Å². The molecule has 3 aromatic rings. The topological polar surface area (TPSA) is 87.7 Å². The summed E-state index contributed by atoms with van der Waals surface area (Å²) in [5, 5.41) is 7.76. The number of benzene rings is 3. The van der Waals surface area contributed by atoms with Gasteiger partial charge in [-0.25, -0.2) is 4.79 Å². The van der Waals surface area contributed by atoms with Gasteiger partial charge in [0.05, 0.1) is 0 Å². The second kappa shape index (κ2) is 14.2. The smallest absolute Gasteiger partial charge is 0.408 e. The van der Waals surface area contributed by atoms with Crippen molar-refractivity contribution in [2.45, 2.75) is 71.6 Å². The van der Waals surface area contributed by atoms with Crippen LogP contribution in [0.1, 0.15) is 64.6 Å². The maximum Gasteiger partial charge on any atom is 0.408 e. The van der Waals surface area contributed by atoms with Crippen molar-refractivity contribution in [3.8, 4) is 0 Å². The first-order valence-electron chi connectivity index (χ1n) is 13.9. The van der Waals surface area contributed by atoms with Crippen LogP contribution in [0.25, 0.3) is 10.8 Å². The second-order valence-electron chi connectivity index (χ2n) is 10.8. The summed E-state index contributed by atoms with van der Waals surface area (Å²) in [6.07, 6.45) is 1.65. The molecule has 3 aromatic carbocycles. The molecule has 0 fully saturated rings. The summed E-state index contributed by atoms with van der Waals surface area (Å²) in [6, 6.07) is 19.5. The number of carbonyl (C=O) groups excluding carboxylic acids is 3. The Labute approximate surface area is 243 Å². The van der Waals surface area contributed by atoms with E-state index in [4.69, 9.17) is 4.74 Å². The van der Waals surface area contributed by atoms with Crippen molar-refractivity contribution >= 4 is 47.0 Å². The van der Waals surface area contributed by atoms with Gasteiger partial charge in [-0.05, 0) is 67.6 Å². The SMILES string of the molecule is CCCCN(C(=O)C(CS)NC(=O)OC(C)(C)C)C(C(=O)Nc1ccc2ccccc2c1)c1ccc(CC)cc1. The lowest BCUT2D eigenvalue weighted by molar-refractivity contribution is -0.140. The van der Waals surface area contributed by atoms with E-state index in [1.165, 1.54) is 0 Å². The van der Waals surface area contributed by atoms with E-state index in [1.807, 2.05) is 73.7 Å². The zero-order chi connectivity index (χ0) is 29.3. The molecule has 2 atom stereocenters. The van der Waals surface area contributed by atoms with Crippen LogP contribution in [0.3, 0.4) is 0 Å². The molecule has 0 spiro atoms. The number of anilines is 1. The van der Waals surface area contributed by atoms with Crippen LogP contribution in [-0.4, -0.2) is 46.7 Å². The minimum Gasteiger partial charge on any atom is -0.444 e. The van der Waals surface area contributed by atoms with Gasteiger partial charge in [0.1, 0.15) is 17.7 Å². The zero-order valence-corrected chi connectivity index (χ0v) is 25.0. The summed E-state index contributed by atoms with van der Waals surface area (Å²) >= 11 is 4.36. The first-order chi connectivity index (χ1) is 19.1. The van der Waals surface area contributed by atoms with Crippen molar-refractivity contribution in [3.05, 3.63) is 77.9 Å². The highest BCUT2D eigenvalue weighted by Crippen LogP contribution is 2.27. The molecule has 0 bridgehead atoms. The Morgan fingerprint density at radius 1 is 0.950 bits per heavy atom. The Hall–Kier alpha value is -3.52. The van der Waals surface area contributed by atoms with Gasteiger partial charge in [0.15, 0.2) is 0 Å². The molecular formula is C32H41N3O4S. The largest absolute Gasteiger partial charge is 0.444 e. The molecule has 0 aliphatic carbocycles. The van der Waals surface area contributed by atoms with E-state index in [-0.39, 0.29) is 11.7 Å². The number of alkyl carbamates (subject to hydrolysis) is 1. The molecular weight excluding hydrogens is 522 g/mol. The monoisotopic (exact) mass is 563 g/mol. The van der Waals surface area contributed by atoms with E-state index in [0.29, 0.717) is 24.2 Å². The maximum atomic E-state index is 14.0. The molecule has 2 N–H and O–H groups in total. The quantitative estimate of drug-likeness (QED) is 0.231. The first kappa shape index (κ1) is 31.0. The molecule has 0 radical (unpaired) electrons. The summed E-state index contributed by atoms with van der Waals surface area (Å²) in [5.74, 6) is -0.680. The van der Waals surface area contributed by atoms with Gasteiger partial charge in [-0.3, -0.25) is 9.59 Å². The first-order valence-corrected chi connectivity index (χ1v) is 14.5. The summed E-state index contributed by atoms with van der Waals surface area (Å²) in [5.41, 5.74) is 1.73. The minimum atomic E-state index is -0.971. The number of amides is 3. The number of nitrogens with zero attached hydrogens (tertiary/aromatic N) is 1. The summed E-state index contributed by atoms with van der Waals surface area (Å²) < 4.78 is 5.38. The van der Waals surface area contributed by atoms with Crippen LogP contribution in [0.5, 0.6) is 0 Å². The Morgan fingerprint density at radius 3 is 2.23 bits per heavy atom. The number of fused-ring (bicyclic) bond motifs is 1. The molecule has 3 amide bonds. The van der Waals surface area contributed by atoms with E-state index in [9.17, 15) is 14.4 Å². The average Bonchev–Trinajstić information content (AvgIpc) is 2.92. The van der Waals surface area contributed by atoms with Gasteiger partial charge < -0.3 is 20.3 Å². The van der Waals surface area contributed by atoms with E-state index < -0.39 is 29.7 Å². The third-order valence-corrected chi connectivity index (χ3v) is 6.85. The van der Waals surface area contributed by atoms with E-state index in [0.717, 1.165) is 29.2 Å². The predicted octanol–water partition coefficient (Wildman–Crippen LogP) is 6.53. The standard InChI is InChI=1S/C32H41N3O4S/c1-6-8-19-35(30(37)27(21-40)34-31(38)39-32(3,4)5)28(24-15-13-22(7-2)14-16-24)29(36)33-26-18-17-23-11-9-10-12-25(23)20-26/h9-18,20,27-28,40H,6-8,19,21H2,1-5H3,(H,33,36)(H,34,38). The van der Waals surface area contributed by atoms with Crippen LogP contribution in [-0.2, 0) is 20.7 Å². The highest BCUT2D eigenvalue weighted by molar-refractivity contribution is 7.80. The van der Waals surface area contributed by atoms with Gasteiger partial charge in [0.2, 0.25) is 5.91 Å². The Morgan fingerprint density at radius 2 is 1.62 bits per heavy atom.